The van der Waals surface area contributed by atoms with Crippen LogP contribution in [0.1, 0.15) is 44.7 Å². The van der Waals surface area contributed by atoms with Gasteiger partial charge in [0.05, 0.1) is 0 Å². The molecule has 2 amide bonds. The first-order valence-electron chi connectivity index (χ1n) is 10.6. The van der Waals surface area contributed by atoms with Crippen LogP contribution in [-0.4, -0.2) is 24.9 Å². The third-order valence-electron chi connectivity index (χ3n) is 5.72. The minimum atomic E-state index is 0.136. The number of benzene rings is 2. The summed E-state index contributed by atoms with van der Waals surface area (Å²) in [5.74, 6) is 0.286. The molecule has 0 saturated heterocycles. The number of carbonyl (C=O) groups excluding carboxylic acids is 2. The van der Waals surface area contributed by atoms with Crippen molar-refractivity contribution in [3.8, 4) is 0 Å². The Bertz CT molecular complexity index is 691. The van der Waals surface area contributed by atoms with Gasteiger partial charge in [-0.1, -0.05) is 20.8 Å². The van der Waals surface area contributed by atoms with E-state index in [1.165, 1.54) is 20.6 Å². The molecule has 0 aliphatic heterocycles. The number of hydrogen-bond acceptors (Lipinski definition) is 2. The van der Waals surface area contributed by atoms with E-state index in [0.717, 1.165) is 25.7 Å². The molecule has 1 aliphatic rings. The van der Waals surface area contributed by atoms with E-state index >= 15 is 0 Å². The van der Waals surface area contributed by atoms with E-state index in [1.807, 2.05) is 0 Å². The summed E-state index contributed by atoms with van der Waals surface area (Å²) < 4.78 is 2.60. The number of hydrogen-bond donors (Lipinski definition) is 2. The Labute approximate surface area is 190 Å². The summed E-state index contributed by atoms with van der Waals surface area (Å²) in [5.41, 5.74) is 3.15. The van der Waals surface area contributed by atoms with Gasteiger partial charge in [0.15, 0.2) is 0 Å². The van der Waals surface area contributed by atoms with Gasteiger partial charge in [-0.25, -0.2) is 0 Å². The van der Waals surface area contributed by atoms with E-state index in [0.29, 0.717) is 0 Å². The molecular formula is C25H34N2O2Ti. The summed E-state index contributed by atoms with van der Waals surface area (Å²) in [6, 6.07) is 21.9. The molecule has 3 rings (SSSR count). The van der Waals surface area contributed by atoms with Gasteiger partial charge < -0.3 is 10.6 Å². The summed E-state index contributed by atoms with van der Waals surface area (Å²) in [4.78, 5) is 21.0. The van der Waals surface area contributed by atoms with Crippen LogP contribution in [0.3, 0.4) is 0 Å². The second kappa shape index (κ2) is 12.7. The zero-order valence-corrected chi connectivity index (χ0v) is 19.9. The van der Waals surface area contributed by atoms with Crippen LogP contribution in [0.25, 0.3) is 0 Å². The van der Waals surface area contributed by atoms with Crippen LogP contribution in [0.15, 0.2) is 60.7 Å². The van der Waals surface area contributed by atoms with Crippen LogP contribution in [0.4, 0.5) is 0 Å². The fourth-order valence-electron chi connectivity index (χ4n) is 4.07. The summed E-state index contributed by atoms with van der Waals surface area (Å²) in [5, 5.41) is 5.68. The van der Waals surface area contributed by atoms with Crippen molar-refractivity contribution in [2.75, 3.05) is 0 Å². The predicted octanol–water partition coefficient (Wildman–Crippen LogP) is 4.14. The van der Waals surface area contributed by atoms with E-state index in [1.54, 1.807) is 0 Å². The number of rotatable bonds is 8. The Hall–Kier alpha value is -1.91. The zero-order valence-electron chi connectivity index (χ0n) is 18.3. The average molecular weight is 442 g/mol. The van der Waals surface area contributed by atoms with Crippen molar-refractivity contribution in [1.82, 2.24) is 10.6 Å². The molecule has 1 aliphatic carbocycles. The van der Waals surface area contributed by atoms with Gasteiger partial charge in [-0.3, -0.25) is 9.59 Å². The SMILES string of the molecule is CC1C(NC=O)CC(C)(C)CC1NC=O.c1ccc([CH2][Ti][CH2]c2ccccc2)cc1. The van der Waals surface area contributed by atoms with E-state index in [2.05, 4.69) is 92.1 Å². The van der Waals surface area contributed by atoms with Crippen LogP contribution < -0.4 is 10.6 Å². The summed E-state index contributed by atoms with van der Waals surface area (Å²) in [6.07, 6.45) is 3.43. The Morgan fingerprint density at radius 1 is 0.833 bits per heavy atom. The molecule has 0 heterocycles. The molecule has 4 nitrogen and oxygen atoms in total. The van der Waals surface area contributed by atoms with Gasteiger partial charge in [-0.05, 0) is 24.2 Å². The maximum atomic E-state index is 10.5. The van der Waals surface area contributed by atoms with Crippen molar-refractivity contribution in [2.24, 2.45) is 11.3 Å². The Morgan fingerprint density at radius 2 is 1.23 bits per heavy atom. The van der Waals surface area contributed by atoms with Gasteiger partial charge in [-0.15, -0.1) is 0 Å². The third kappa shape index (κ3) is 8.45. The summed E-state index contributed by atoms with van der Waals surface area (Å²) in [6.45, 7) is 6.40. The van der Waals surface area contributed by atoms with E-state index < -0.39 is 0 Å². The van der Waals surface area contributed by atoms with E-state index in [9.17, 15) is 9.59 Å². The van der Waals surface area contributed by atoms with Crippen molar-refractivity contribution >= 4 is 12.8 Å². The molecule has 1 fully saturated rings. The third-order valence-corrected chi connectivity index (χ3v) is 7.78. The molecule has 0 aromatic heterocycles. The van der Waals surface area contributed by atoms with Gasteiger partial charge in [0, 0.05) is 12.1 Å². The first-order valence-corrected chi connectivity index (χ1v) is 12.8. The van der Waals surface area contributed by atoms with Crippen molar-refractivity contribution < 1.29 is 28.7 Å². The topological polar surface area (TPSA) is 58.2 Å². The van der Waals surface area contributed by atoms with Gasteiger partial charge in [0.1, 0.15) is 0 Å². The first-order chi connectivity index (χ1) is 14.4. The summed E-state index contributed by atoms with van der Waals surface area (Å²) in [7, 11) is 0. The van der Waals surface area contributed by atoms with Crippen LogP contribution in [-0.2, 0) is 38.2 Å². The van der Waals surface area contributed by atoms with E-state index in [4.69, 9.17) is 0 Å². The molecule has 2 aromatic rings. The molecule has 0 spiro atoms. The molecule has 2 N–H and O–H groups in total. The molecule has 1 saturated carbocycles. The predicted molar refractivity (Wildman–Crippen MR) is 118 cm³/mol. The van der Waals surface area contributed by atoms with Crippen LogP contribution in [0.2, 0.25) is 0 Å². The molecule has 160 valence electrons. The van der Waals surface area contributed by atoms with Gasteiger partial charge in [-0.2, -0.15) is 0 Å². The van der Waals surface area contributed by atoms with E-state index in [-0.39, 0.29) is 42.6 Å². The monoisotopic (exact) mass is 442 g/mol. The molecule has 2 aromatic carbocycles. The Morgan fingerprint density at radius 3 is 1.60 bits per heavy atom. The normalized spacial score (nSPS) is 22.0. The van der Waals surface area contributed by atoms with Crippen molar-refractivity contribution in [3.05, 3.63) is 71.8 Å². The fraction of sp³-hybridized carbons (Fsp3) is 0.440. The molecule has 5 heteroatoms. The molecule has 0 radical (unpaired) electrons. The average Bonchev–Trinajstić information content (AvgIpc) is 2.74. The van der Waals surface area contributed by atoms with Crippen LogP contribution in [0, 0.1) is 11.3 Å². The van der Waals surface area contributed by atoms with Crippen LogP contribution >= 0.6 is 0 Å². The Kier molecular flexibility index (Phi) is 10.3. The zero-order chi connectivity index (χ0) is 21.8. The fourth-order valence-corrected chi connectivity index (χ4v) is 5.90. The van der Waals surface area contributed by atoms with Crippen molar-refractivity contribution in [2.45, 2.75) is 55.1 Å². The molecule has 30 heavy (non-hydrogen) atoms. The van der Waals surface area contributed by atoms with Gasteiger partial charge in [0.25, 0.3) is 0 Å². The Balaban J connectivity index is 0.000000214. The summed E-state index contributed by atoms with van der Waals surface area (Å²) >= 11 is 0.136. The number of nitrogens with one attached hydrogen (secondary N) is 2. The number of amides is 2. The van der Waals surface area contributed by atoms with Crippen LogP contribution in [0.5, 0.6) is 0 Å². The van der Waals surface area contributed by atoms with Crippen molar-refractivity contribution in [3.63, 3.8) is 0 Å². The molecule has 2 unspecified atom stereocenters. The molecular weight excluding hydrogens is 408 g/mol. The number of carbonyl (C=O) groups is 2. The first kappa shape index (κ1) is 24.4. The minimum absolute atomic E-state index is 0.136. The quantitative estimate of drug-likeness (QED) is 0.477. The van der Waals surface area contributed by atoms with Gasteiger partial charge in [0.2, 0.25) is 12.8 Å². The molecule has 0 bridgehead atoms. The van der Waals surface area contributed by atoms with Gasteiger partial charge >= 0.3 is 100 Å². The van der Waals surface area contributed by atoms with Crippen molar-refractivity contribution in [1.29, 1.82) is 0 Å². The second-order valence-corrected chi connectivity index (χ2v) is 10.7. The maximum absolute atomic E-state index is 10.5. The second-order valence-electron chi connectivity index (χ2n) is 8.79. The molecule has 2 atom stereocenters. The standard InChI is InChI=1S/C11H20N2O2.2C7H7.Ti/c1-8-9(12-6-14)4-11(2,3)5-10(8)13-7-15;2*1-7-5-3-2-4-6-7;/h6-10H,4-5H2,1-3H3,(H,12,14)(H,13,15);2*2-6H,1H2;.